The number of rotatable bonds is 4. The molecule has 0 bridgehead atoms. The lowest BCUT2D eigenvalue weighted by molar-refractivity contribution is -0.0531. The number of ether oxygens (including phenoxy) is 1. The molecule has 1 saturated heterocycles. The summed E-state index contributed by atoms with van der Waals surface area (Å²) in [4.78, 5) is 12.8. The molecule has 0 aliphatic carbocycles. The van der Waals surface area contributed by atoms with Gasteiger partial charge in [0.05, 0.1) is 11.0 Å². The molecule has 1 aliphatic rings. The van der Waals surface area contributed by atoms with Crippen LogP contribution in [0.4, 0.5) is 0 Å². The molecule has 1 amide bonds. The molecule has 0 aromatic carbocycles. The molecule has 5 heteroatoms. The molecule has 1 unspecified atom stereocenters. The van der Waals surface area contributed by atoms with Crippen LogP contribution in [0.1, 0.15) is 42.8 Å². The monoisotopic (exact) mass is 345 g/mol. The first kappa shape index (κ1) is 15.0. The van der Waals surface area contributed by atoms with Crippen molar-refractivity contribution in [2.75, 3.05) is 13.2 Å². The Morgan fingerprint density at radius 3 is 2.95 bits per heavy atom. The lowest BCUT2D eigenvalue weighted by Crippen LogP contribution is -2.43. The van der Waals surface area contributed by atoms with E-state index in [1.807, 2.05) is 11.4 Å². The minimum absolute atomic E-state index is 0.000385. The van der Waals surface area contributed by atoms with E-state index in [2.05, 4.69) is 35.1 Å². The van der Waals surface area contributed by atoms with Gasteiger partial charge in [-0.3, -0.25) is 4.79 Å². The van der Waals surface area contributed by atoms with E-state index in [4.69, 9.17) is 4.74 Å². The number of carbonyl (C=O) groups excluding carboxylic acids is 1. The topological polar surface area (TPSA) is 38.3 Å². The van der Waals surface area contributed by atoms with Crippen LogP contribution in [0.5, 0.6) is 0 Å². The van der Waals surface area contributed by atoms with Crippen LogP contribution in [0.15, 0.2) is 15.9 Å². The fourth-order valence-electron chi connectivity index (χ4n) is 2.30. The average molecular weight is 346 g/mol. The van der Waals surface area contributed by atoms with Gasteiger partial charge in [-0.15, -0.1) is 11.3 Å². The molecular formula is C14H20BrNO2S. The van der Waals surface area contributed by atoms with E-state index in [1.54, 1.807) is 0 Å². The Morgan fingerprint density at radius 2 is 2.37 bits per heavy atom. The van der Waals surface area contributed by atoms with Crippen molar-refractivity contribution >= 4 is 33.2 Å². The molecule has 0 saturated carbocycles. The standard InChI is InChI=1S/C14H20BrNO2S/c1-14(2,12-5-3-4-6-18-12)9-16-13(17)11-7-10(15)8-19-11/h7-8,12H,3-6,9H2,1-2H3,(H,16,17). The number of nitrogens with one attached hydrogen (secondary N) is 1. The van der Waals surface area contributed by atoms with Gasteiger partial charge in [0, 0.05) is 28.4 Å². The van der Waals surface area contributed by atoms with Crippen LogP contribution in [0.2, 0.25) is 0 Å². The van der Waals surface area contributed by atoms with Crippen molar-refractivity contribution in [2.45, 2.75) is 39.2 Å². The highest BCUT2D eigenvalue weighted by Crippen LogP contribution is 2.30. The molecular weight excluding hydrogens is 326 g/mol. The summed E-state index contributed by atoms with van der Waals surface area (Å²) in [7, 11) is 0. The van der Waals surface area contributed by atoms with Crippen LogP contribution in [0, 0.1) is 5.41 Å². The van der Waals surface area contributed by atoms with E-state index in [9.17, 15) is 4.79 Å². The summed E-state index contributed by atoms with van der Waals surface area (Å²) in [5, 5.41) is 4.94. The summed E-state index contributed by atoms with van der Waals surface area (Å²) in [6, 6.07) is 1.85. The van der Waals surface area contributed by atoms with Gasteiger partial charge in [-0.2, -0.15) is 0 Å². The van der Waals surface area contributed by atoms with Gasteiger partial charge in [0.25, 0.3) is 5.91 Å². The van der Waals surface area contributed by atoms with Crippen LogP contribution in [-0.2, 0) is 4.74 Å². The lowest BCUT2D eigenvalue weighted by atomic mass is 9.82. The number of hydrogen-bond donors (Lipinski definition) is 1. The molecule has 1 aliphatic heterocycles. The Bertz CT molecular complexity index is 438. The smallest absolute Gasteiger partial charge is 0.261 e. The maximum Gasteiger partial charge on any atom is 0.261 e. The fraction of sp³-hybridized carbons (Fsp3) is 0.643. The first-order valence-corrected chi connectivity index (χ1v) is 8.30. The zero-order chi connectivity index (χ0) is 13.9. The first-order valence-electron chi connectivity index (χ1n) is 6.63. The highest BCUT2D eigenvalue weighted by atomic mass is 79.9. The molecule has 1 fully saturated rings. The third-order valence-electron chi connectivity index (χ3n) is 3.55. The molecule has 1 atom stereocenters. The average Bonchev–Trinajstić information content (AvgIpc) is 2.84. The summed E-state index contributed by atoms with van der Waals surface area (Å²) in [6.45, 7) is 5.81. The second kappa shape index (κ2) is 6.37. The SMILES string of the molecule is CC(C)(CNC(=O)c1cc(Br)cs1)C1CCCCO1. The van der Waals surface area contributed by atoms with Crippen LogP contribution < -0.4 is 5.32 Å². The Morgan fingerprint density at radius 1 is 1.58 bits per heavy atom. The van der Waals surface area contributed by atoms with E-state index in [0.29, 0.717) is 6.54 Å². The fourth-order valence-corrected chi connectivity index (χ4v) is 3.64. The van der Waals surface area contributed by atoms with Crippen LogP contribution >= 0.6 is 27.3 Å². The summed E-state index contributed by atoms with van der Waals surface area (Å²) in [6.07, 6.45) is 3.71. The maximum absolute atomic E-state index is 12.0. The molecule has 19 heavy (non-hydrogen) atoms. The van der Waals surface area contributed by atoms with Gasteiger partial charge in [0.2, 0.25) is 0 Å². The van der Waals surface area contributed by atoms with Gasteiger partial charge in [-0.05, 0) is 41.3 Å². The number of hydrogen-bond acceptors (Lipinski definition) is 3. The number of amides is 1. The van der Waals surface area contributed by atoms with E-state index in [-0.39, 0.29) is 17.4 Å². The third kappa shape index (κ3) is 4.04. The van der Waals surface area contributed by atoms with E-state index in [0.717, 1.165) is 28.8 Å². The molecule has 1 aromatic rings. The number of carbonyl (C=O) groups is 1. The first-order chi connectivity index (χ1) is 8.99. The van der Waals surface area contributed by atoms with Crippen molar-refractivity contribution in [2.24, 2.45) is 5.41 Å². The number of halogens is 1. The summed E-state index contributed by atoms with van der Waals surface area (Å²) >= 11 is 4.82. The zero-order valence-electron chi connectivity index (χ0n) is 11.4. The van der Waals surface area contributed by atoms with Crippen molar-refractivity contribution in [1.82, 2.24) is 5.32 Å². The molecule has 106 valence electrons. The van der Waals surface area contributed by atoms with Crippen LogP contribution in [-0.4, -0.2) is 25.2 Å². The molecule has 2 rings (SSSR count). The number of thiophene rings is 1. The maximum atomic E-state index is 12.0. The Balaban J connectivity index is 1.88. The van der Waals surface area contributed by atoms with Crippen LogP contribution in [0.3, 0.4) is 0 Å². The highest BCUT2D eigenvalue weighted by molar-refractivity contribution is 9.10. The van der Waals surface area contributed by atoms with Crippen molar-refractivity contribution in [3.8, 4) is 0 Å². The molecule has 1 aromatic heterocycles. The Labute approximate surface area is 126 Å². The zero-order valence-corrected chi connectivity index (χ0v) is 13.8. The second-order valence-electron chi connectivity index (χ2n) is 5.66. The van der Waals surface area contributed by atoms with Gasteiger partial charge in [-0.25, -0.2) is 0 Å². The van der Waals surface area contributed by atoms with Crippen molar-refractivity contribution in [3.05, 3.63) is 20.8 Å². The molecule has 1 N–H and O–H groups in total. The second-order valence-corrected chi connectivity index (χ2v) is 7.48. The third-order valence-corrected chi connectivity index (χ3v) is 5.24. The largest absolute Gasteiger partial charge is 0.378 e. The quantitative estimate of drug-likeness (QED) is 0.900. The summed E-state index contributed by atoms with van der Waals surface area (Å²) in [5.74, 6) is -0.000385. The van der Waals surface area contributed by atoms with Crippen molar-refractivity contribution in [3.63, 3.8) is 0 Å². The van der Waals surface area contributed by atoms with Crippen molar-refractivity contribution in [1.29, 1.82) is 0 Å². The normalized spacial score (nSPS) is 20.3. The molecule has 0 radical (unpaired) electrons. The summed E-state index contributed by atoms with van der Waals surface area (Å²) < 4.78 is 6.78. The van der Waals surface area contributed by atoms with Crippen molar-refractivity contribution < 1.29 is 9.53 Å². The Hall–Kier alpha value is -0.390. The predicted octanol–water partition coefficient (Wildman–Crippen LogP) is 3.84. The van der Waals surface area contributed by atoms with Gasteiger partial charge >= 0.3 is 0 Å². The highest BCUT2D eigenvalue weighted by Gasteiger charge is 2.32. The van der Waals surface area contributed by atoms with E-state index >= 15 is 0 Å². The van der Waals surface area contributed by atoms with Gasteiger partial charge in [0.15, 0.2) is 0 Å². The molecule has 3 nitrogen and oxygen atoms in total. The summed E-state index contributed by atoms with van der Waals surface area (Å²) in [5.41, 5.74) is -0.0232. The minimum Gasteiger partial charge on any atom is -0.378 e. The van der Waals surface area contributed by atoms with Gasteiger partial charge in [0.1, 0.15) is 0 Å². The minimum atomic E-state index is -0.0232. The molecule has 0 spiro atoms. The Kier molecular flexibility index (Phi) is 5.03. The van der Waals surface area contributed by atoms with Gasteiger partial charge < -0.3 is 10.1 Å². The van der Waals surface area contributed by atoms with E-state index in [1.165, 1.54) is 17.8 Å². The van der Waals surface area contributed by atoms with Crippen LogP contribution in [0.25, 0.3) is 0 Å². The van der Waals surface area contributed by atoms with Gasteiger partial charge in [-0.1, -0.05) is 13.8 Å². The van der Waals surface area contributed by atoms with E-state index < -0.39 is 0 Å². The lowest BCUT2D eigenvalue weighted by Gasteiger charge is -2.36. The predicted molar refractivity (Wildman–Crippen MR) is 81.7 cm³/mol. The molecule has 2 heterocycles.